The first kappa shape index (κ1) is 15.7. The van der Waals surface area contributed by atoms with Crippen LogP contribution in [0.4, 0.5) is 0 Å². The molecule has 0 aromatic carbocycles. The van der Waals surface area contributed by atoms with Crippen molar-refractivity contribution < 1.29 is 38.4 Å². The molecule has 0 aromatic heterocycles. The summed E-state index contributed by atoms with van der Waals surface area (Å²) in [5.74, 6) is 0. The predicted molar refractivity (Wildman–Crippen MR) is 23.1 cm³/mol. The van der Waals surface area contributed by atoms with Crippen LogP contribution in [0.5, 0.6) is 0 Å². The van der Waals surface area contributed by atoms with E-state index in [0.717, 1.165) is 0 Å². The Morgan fingerprint density at radius 3 is 0.833 bits per heavy atom. The van der Waals surface area contributed by atoms with Gasteiger partial charge in [0.15, 0.2) is 0 Å². The molecule has 0 aliphatic heterocycles. The van der Waals surface area contributed by atoms with Crippen LogP contribution in [-0.4, -0.2) is 10.5 Å². The molecule has 0 saturated heterocycles. The Hall–Kier alpha value is 1.89. The van der Waals surface area contributed by atoms with Gasteiger partial charge in [0.05, 0.1) is 0 Å². The zero-order valence-electron chi connectivity index (χ0n) is 2.32. The summed E-state index contributed by atoms with van der Waals surface area (Å²) in [4.78, 5) is 0. The molecule has 0 aliphatic carbocycles. The molecule has 0 atom stereocenters. The molecule has 2 nitrogen and oxygen atoms in total. The predicted octanol–water partition coefficient (Wildman–Crippen LogP) is 1.70. The van der Waals surface area contributed by atoms with Crippen molar-refractivity contribution in [2.24, 2.45) is 0 Å². The van der Waals surface area contributed by atoms with Crippen molar-refractivity contribution in [1.82, 2.24) is 0 Å². The number of rotatable bonds is 0. The van der Waals surface area contributed by atoms with Crippen molar-refractivity contribution in [3.63, 3.8) is 0 Å². The van der Waals surface area contributed by atoms with E-state index in [0.29, 0.717) is 0 Å². The van der Waals surface area contributed by atoms with Crippen molar-refractivity contribution in [3.05, 3.63) is 0 Å². The Balaban J connectivity index is -0.0000000225. The van der Waals surface area contributed by atoms with Gasteiger partial charge >= 0.3 is 56.2 Å². The summed E-state index contributed by atoms with van der Waals surface area (Å²) in [5, 5.41) is 12.0. The van der Waals surface area contributed by atoms with E-state index in [-0.39, 0.29) is 0 Å². The number of hydrogen-bond donors (Lipinski definition) is 2. The van der Waals surface area contributed by atoms with Gasteiger partial charge in [0.2, 0.25) is 0 Å². The molecule has 2 N–H and O–H groups in total. The average Bonchev–Trinajstić information content (AvgIpc) is 1.81. The zero-order valence-corrected chi connectivity index (χ0v) is 7.57. The van der Waals surface area contributed by atoms with Crippen LogP contribution in [0.3, 0.4) is 0 Å². The Bertz CT molecular complexity index is 9.51. The standard InChI is InChI=1S/2BrH.2Co.H2O2/c;;;;1-2/h2*1H;;;1-2H/q;;2*+1;/p-2. The molecular formula is H2Br2Co2O2. The van der Waals surface area contributed by atoms with Crippen LogP contribution in [-0.2, 0) is 27.9 Å². The molecule has 0 spiro atoms. The average molecular weight is 312 g/mol. The molecule has 0 bridgehead atoms. The molecule has 0 aliphatic rings. The number of halogens is 2. The van der Waals surface area contributed by atoms with E-state index in [4.69, 9.17) is 10.5 Å². The van der Waals surface area contributed by atoms with E-state index in [2.05, 4.69) is 56.2 Å². The molecule has 0 heterocycles. The molecule has 0 saturated carbocycles. The SMILES string of the molecule is OO.[Co][Br].[Co][Br]. The van der Waals surface area contributed by atoms with Crippen molar-refractivity contribution in [2.75, 3.05) is 0 Å². The molecule has 46 valence electrons. The first-order chi connectivity index (χ1) is 3.00. The van der Waals surface area contributed by atoms with E-state index in [1.54, 1.807) is 0 Å². The molecular weight excluding hydrogens is 310 g/mol. The quantitative estimate of drug-likeness (QED) is 0.528. The second-order valence-electron chi connectivity index (χ2n) is 0. The van der Waals surface area contributed by atoms with Gasteiger partial charge in [-0.1, -0.05) is 0 Å². The summed E-state index contributed by atoms with van der Waals surface area (Å²) in [7, 11) is 0. The van der Waals surface area contributed by atoms with Gasteiger partial charge in [-0.3, -0.25) is 10.5 Å². The fourth-order valence-corrected chi connectivity index (χ4v) is 0. The van der Waals surface area contributed by atoms with Gasteiger partial charge in [-0.2, -0.15) is 0 Å². The van der Waals surface area contributed by atoms with E-state index < -0.39 is 0 Å². The third-order valence-corrected chi connectivity index (χ3v) is 0. The normalized spacial score (nSPS) is 3.33. The van der Waals surface area contributed by atoms with Gasteiger partial charge in [-0.15, -0.1) is 0 Å². The zero-order chi connectivity index (χ0) is 6.00. The third-order valence-electron chi connectivity index (χ3n) is 0. The molecule has 0 aromatic rings. The third kappa shape index (κ3) is 39.4. The minimum absolute atomic E-state index is 2.62. The summed E-state index contributed by atoms with van der Waals surface area (Å²) >= 11 is 12.0. The van der Waals surface area contributed by atoms with Crippen molar-refractivity contribution in [3.8, 4) is 0 Å². The second-order valence-corrected chi connectivity index (χ2v) is 0. The molecule has 0 amide bonds. The molecule has 6 heteroatoms. The molecule has 6 heavy (non-hydrogen) atoms. The first-order valence-corrected chi connectivity index (χ1v) is 5.60. The van der Waals surface area contributed by atoms with Gasteiger partial charge in [-0.05, 0) is 0 Å². The Kier molecular flexibility index (Phi) is 174. The minimum atomic E-state index is 2.62. The fraction of sp³-hybridized carbons (Fsp3) is 0. The molecule has 0 unspecified atom stereocenters. The maximum atomic E-state index is 6.00. The van der Waals surface area contributed by atoms with Crippen LogP contribution in [0.25, 0.3) is 0 Å². The monoisotopic (exact) mass is 310 g/mol. The Morgan fingerprint density at radius 2 is 0.833 bits per heavy atom. The van der Waals surface area contributed by atoms with Crippen molar-refractivity contribution in [2.45, 2.75) is 0 Å². The van der Waals surface area contributed by atoms with Crippen LogP contribution in [0.15, 0.2) is 0 Å². The van der Waals surface area contributed by atoms with Crippen molar-refractivity contribution >= 4 is 28.3 Å². The van der Waals surface area contributed by atoms with Crippen LogP contribution in [0.2, 0.25) is 0 Å². The summed E-state index contributed by atoms with van der Waals surface area (Å²) in [6.45, 7) is 0. The van der Waals surface area contributed by atoms with Crippen LogP contribution in [0.1, 0.15) is 0 Å². The Labute approximate surface area is 66.3 Å². The van der Waals surface area contributed by atoms with Gasteiger partial charge in [0, 0.05) is 0 Å². The summed E-state index contributed by atoms with van der Waals surface area (Å²) in [6, 6.07) is 0. The van der Waals surface area contributed by atoms with E-state index in [9.17, 15) is 0 Å². The van der Waals surface area contributed by atoms with Gasteiger partial charge < -0.3 is 0 Å². The molecule has 0 fully saturated rings. The number of hydrogen-bond acceptors (Lipinski definition) is 2. The van der Waals surface area contributed by atoms with Gasteiger partial charge in [0.25, 0.3) is 0 Å². The Morgan fingerprint density at radius 1 is 0.833 bits per heavy atom. The van der Waals surface area contributed by atoms with Gasteiger partial charge in [0.1, 0.15) is 0 Å². The van der Waals surface area contributed by atoms with E-state index >= 15 is 0 Å². The van der Waals surface area contributed by atoms with Crippen LogP contribution >= 0.6 is 28.3 Å². The van der Waals surface area contributed by atoms with E-state index in [1.807, 2.05) is 0 Å². The first-order valence-electron chi connectivity index (χ1n) is 0.452. The molecule has 0 rings (SSSR count). The topological polar surface area (TPSA) is 40.5 Å². The summed E-state index contributed by atoms with van der Waals surface area (Å²) in [5.41, 5.74) is 0. The fourth-order valence-electron chi connectivity index (χ4n) is 0. The van der Waals surface area contributed by atoms with Crippen molar-refractivity contribution in [1.29, 1.82) is 0 Å². The second kappa shape index (κ2) is 66.8. The summed E-state index contributed by atoms with van der Waals surface area (Å²) in [6.07, 6.45) is 0. The maximum absolute atomic E-state index is 6.00. The van der Waals surface area contributed by atoms with Crippen LogP contribution < -0.4 is 0 Å². The summed E-state index contributed by atoms with van der Waals surface area (Å²) < 4.78 is 0. The van der Waals surface area contributed by atoms with Crippen LogP contribution in [0, 0.1) is 0 Å². The molecule has 0 radical (unpaired) electrons. The van der Waals surface area contributed by atoms with Gasteiger partial charge in [-0.25, -0.2) is 0 Å². The van der Waals surface area contributed by atoms with E-state index in [1.165, 1.54) is 0 Å².